The van der Waals surface area contributed by atoms with E-state index in [1.54, 1.807) is 0 Å². The average Bonchev–Trinajstić information content (AvgIpc) is 2.78. The van der Waals surface area contributed by atoms with Crippen molar-refractivity contribution in [3.63, 3.8) is 0 Å². The summed E-state index contributed by atoms with van der Waals surface area (Å²) in [5.74, 6) is 1.04. The first-order chi connectivity index (χ1) is 8.80. The first-order valence-electron chi connectivity index (χ1n) is 6.63. The molecular formula is C15H21NO2. The topological polar surface area (TPSA) is 45.4 Å². The number of aliphatic hydroxyl groups excluding tert-OH is 1. The van der Waals surface area contributed by atoms with Crippen LogP contribution in [-0.4, -0.2) is 17.8 Å². The fourth-order valence-electron chi connectivity index (χ4n) is 2.21. The molecule has 3 heteroatoms. The molecule has 3 nitrogen and oxygen atoms in total. The van der Waals surface area contributed by atoms with Crippen molar-refractivity contribution in [1.29, 1.82) is 0 Å². The quantitative estimate of drug-likeness (QED) is 0.825. The second-order valence-corrected chi connectivity index (χ2v) is 4.52. The predicted molar refractivity (Wildman–Crippen MR) is 73.6 cm³/mol. The SMILES string of the molecule is CCc1oc2ccccc2c1CN[C@@H](CC)CO. The number of aryl methyl sites for hydroxylation is 1. The molecule has 0 aliphatic heterocycles. The molecule has 0 aliphatic carbocycles. The van der Waals surface area contributed by atoms with Gasteiger partial charge in [-0.2, -0.15) is 0 Å². The minimum atomic E-state index is 0.156. The summed E-state index contributed by atoms with van der Waals surface area (Å²) in [6.45, 7) is 5.10. The largest absolute Gasteiger partial charge is 0.461 e. The zero-order valence-electron chi connectivity index (χ0n) is 11.1. The Labute approximate surface area is 108 Å². The fraction of sp³-hybridized carbons (Fsp3) is 0.467. The van der Waals surface area contributed by atoms with Gasteiger partial charge in [-0.15, -0.1) is 0 Å². The van der Waals surface area contributed by atoms with Crippen molar-refractivity contribution in [1.82, 2.24) is 5.32 Å². The van der Waals surface area contributed by atoms with Crippen molar-refractivity contribution in [2.45, 2.75) is 39.3 Å². The zero-order chi connectivity index (χ0) is 13.0. The number of fused-ring (bicyclic) bond motifs is 1. The highest BCUT2D eigenvalue weighted by atomic mass is 16.3. The molecule has 0 saturated carbocycles. The maximum absolute atomic E-state index is 9.21. The number of aliphatic hydroxyl groups is 1. The van der Waals surface area contributed by atoms with E-state index in [1.807, 2.05) is 18.2 Å². The molecule has 0 unspecified atom stereocenters. The van der Waals surface area contributed by atoms with E-state index in [9.17, 15) is 5.11 Å². The molecule has 1 aromatic heterocycles. The lowest BCUT2D eigenvalue weighted by atomic mass is 10.1. The Morgan fingerprint density at radius 3 is 2.72 bits per heavy atom. The highest BCUT2D eigenvalue weighted by molar-refractivity contribution is 5.82. The maximum Gasteiger partial charge on any atom is 0.134 e. The number of rotatable bonds is 6. The number of hydrogen-bond acceptors (Lipinski definition) is 3. The molecule has 0 aliphatic rings. The summed E-state index contributed by atoms with van der Waals surface area (Å²) >= 11 is 0. The third-order valence-corrected chi connectivity index (χ3v) is 3.38. The normalized spacial score (nSPS) is 13.1. The lowest BCUT2D eigenvalue weighted by Gasteiger charge is -2.13. The molecule has 1 aromatic carbocycles. The van der Waals surface area contributed by atoms with Gasteiger partial charge in [-0.05, 0) is 12.5 Å². The lowest BCUT2D eigenvalue weighted by molar-refractivity contribution is 0.238. The van der Waals surface area contributed by atoms with Gasteiger partial charge in [0, 0.05) is 30.0 Å². The van der Waals surface area contributed by atoms with E-state index in [0.717, 1.165) is 30.7 Å². The molecule has 2 N–H and O–H groups in total. The van der Waals surface area contributed by atoms with Crippen molar-refractivity contribution in [2.24, 2.45) is 0 Å². The van der Waals surface area contributed by atoms with Gasteiger partial charge in [0.05, 0.1) is 6.61 Å². The number of nitrogens with one attached hydrogen (secondary N) is 1. The van der Waals surface area contributed by atoms with E-state index in [1.165, 1.54) is 10.9 Å². The first-order valence-corrected chi connectivity index (χ1v) is 6.63. The summed E-state index contributed by atoms with van der Waals surface area (Å²) in [5.41, 5.74) is 2.17. The van der Waals surface area contributed by atoms with Gasteiger partial charge in [0.1, 0.15) is 11.3 Å². The third-order valence-electron chi connectivity index (χ3n) is 3.38. The van der Waals surface area contributed by atoms with Crippen molar-refractivity contribution < 1.29 is 9.52 Å². The standard InChI is InChI=1S/C15H21NO2/c1-3-11(10-17)16-9-13-12-7-5-6-8-15(12)18-14(13)4-2/h5-8,11,16-17H,3-4,9-10H2,1-2H3/t11-/m0/s1. The molecule has 0 bridgehead atoms. The van der Waals surface area contributed by atoms with Crippen LogP contribution in [0.3, 0.4) is 0 Å². The van der Waals surface area contributed by atoms with Crippen LogP contribution in [0.25, 0.3) is 11.0 Å². The van der Waals surface area contributed by atoms with E-state index >= 15 is 0 Å². The Morgan fingerprint density at radius 1 is 1.28 bits per heavy atom. The minimum absolute atomic E-state index is 0.156. The summed E-state index contributed by atoms with van der Waals surface area (Å²) in [4.78, 5) is 0. The van der Waals surface area contributed by atoms with Crippen LogP contribution in [0.2, 0.25) is 0 Å². The number of benzene rings is 1. The lowest BCUT2D eigenvalue weighted by Crippen LogP contribution is -2.31. The molecule has 0 saturated heterocycles. The van der Waals surface area contributed by atoms with Crippen LogP contribution >= 0.6 is 0 Å². The van der Waals surface area contributed by atoms with Crippen molar-refractivity contribution in [2.75, 3.05) is 6.61 Å². The minimum Gasteiger partial charge on any atom is -0.461 e. The van der Waals surface area contributed by atoms with E-state index in [0.29, 0.717) is 0 Å². The highest BCUT2D eigenvalue weighted by Gasteiger charge is 2.13. The molecule has 2 rings (SSSR count). The molecule has 0 radical (unpaired) electrons. The maximum atomic E-state index is 9.21. The Balaban J connectivity index is 2.25. The van der Waals surface area contributed by atoms with Gasteiger partial charge < -0.3 is 14.8 Å². The smallest absolute Gasteiger partial charge is 0.134 e. The van der Waals surface area contributed by atoms with Crippen LogP contribution in [0.1, 0.15) is 31.6 Å². The fourth-order valence-corrected chi connectivity index (χ4v) is 2.21. The Morgan fingerprint density at radius 2 is 2.06 bits per heavy atom. The van der Waals surface area contributed by atoms with Gasteiger partial charge in [-0.3, -0.25) is 0 Å². The predicted octanol–water partition coefficient (Wildman–Crippen LogP) is 2.86. The summed E-state index contributed by atoms with van der Waals surface area (Å²) in [6, 6.07) is 8.27. The van der Waals surface area contributed by atoms with Crippen molar-refractivity contribution in [3.8, 4) is 0 Å². The highest BCUT2D eigenvalue weighted by Crippen LogP contribution is 2.26. The van der Waals surface area contributed by atoms with Crippen LogP contribution in [0, 0.1) is 0 Å². The summed E-state index contributed by atoms with van der Waals surface area (Å²) in [6.07, 6.45) is 1.81. The van der Waals surface area contributed by atoms with Gasteiger partial charge in [0.15, 0.2) is 0 Å². The Hall–Kier alpha value is -1.32. The second-order valence-electron chi connectivity index (χ2n) is 4.52. The average molecular weight is 247 g/mol. The number of furan rings is 1. The molecule has 0 amide bonds. The van der Waals surface area contributed by atoms with E-state index in [-0.39, 0.29) is 12.6 Å². The van der Waals surface area contributed by atoms with Gasteiger partial charge in [-0.25, -0.2) is 0 Å². The van der Waals surface area contributed by atoms with Gasteiger partial charge in [-0.1, -0.05) is 32.0 Å². The van der Waals surface area contributed by atoms with Crippen LogP contribution < -0.4 is 5.32 Å². The van der Waals surface area contributed by atoms with E-state index in [4.69, 9.17) is 4.42 Å². The Bertz CT molecular complexity index is 500. The zero-order valence-corrected chi connectivity index (χ0v) is 11.1. The molecule has 0 spiro atoms. The van der Waals surface area contributed by atoms with Crippen LogP contribution in [0.15, 0.2) is 28.7 Å². The third kappa shape index (κ3) is 2.57. The first kappa shape index (κ1) is 13.1. The monoisotopic (exact) mass is 247 g/mol. The van der Waals surface area contributed by atoms with Crippen LogP contribution in [0.4, 0.5) is 0 Å². The molecule has 0 fully saturated rings. The van der Waals surface area contributed by atoms with Gasteiger partial charge in [0.2, 0.25) is 0 Å². The molecular weight excluding hydrogens is 226 g/mol. The number of hydrogen-bond donors (Lipinski definition) is 2. The molecule has 18 heavy (non-hydrogen) atoms. The second kappa shape index (κ2) is 6.03. The van der Waals surface area contributed by atoms with Crippen LogP contribution in [-0.2, 0) is 13.0 Å². The van der Waals surface area contributed by atoms with Crippen molar-refractivity contribution in [3.05, 3.63) is 35.6 Å². The summed E-state index contributed by atoms with van der Waals surface area (Å²) < 4.78 is 5.85. The van der Waals surface area contributed by atoms with E-state index in [2.05, 4.69) is 25.2 Å². The molecule has 2 aromatic rings. The molecule has 1 atom stereocenters. The van der Waals surface area contributed by atoms with Crippen molar-refractivity contribution >= 4 is 11.0 Å². The number of para-hydroxylation sites is 1. The van der Waals surface area contributed by atoms with Gasteiger partial charge in [0.25, 0.3) is 0 Å². The Kier molecular flexibility index (Phi) is 4.39. The van der Waals surface area contributed by atoms with Gasteiger partial charge >= 0.3 is 0 Å². The molecule has 1 heterocycles. The molecule has 98 valence electrons. The summed E-state index contributed by atoms with van der Waals surface area (Å²) in [5, 5.41) is 13.8. The van der Waals surface area contributed by atoms with E-state index < -0.39 is 0 Å². The summed E-state index contributed by atoms with van der Waals surface area (Å²) in [7, 11) is 0. The van der Waals surface area contributed by atoms with Crippen LogP contribution in [0.5, 0.6) is 0 Å².